The molecule has 0 saturated carbocycles. The fourth-order valence-electron chi connectivity index (χ4n) is 3.99. The number of carbonyl (C=O) groups excluding carboxylic acids is 2. The van der Waals surface area contributed by atoms with Gasteiger partial charge in [-0.05, 0) is 91.2 Å². The van der Waals surface area contributed by atoms with Gasteiger partial charge in [0.1, 0.15) is 12.3 Å². The summed E-state index contributed by atoms with van der Waals surface area (Å²) in [4.78, 5) is 25.0. The third-order valence-electron chi connectivity index (χ3n) is 5.82. The molecule has 0 bridgehead atoms. The van der Waals surface area contributed by atoms with Gasteiger partial charge in [0, 0.05) is 5.69 Å². The molecule has 0 aromatic heterocycles. The lowest BCUT2D eigenvalue weighted by atomic mass is 10.1. The smallest absolute Gasteiger partial charge is 0.264 e. The van der Waals surface area contributed by atoms with Crippen molar-refractivity contribution in [2.24, 2.45) is 5.10 Å². The Balaban J connectivity index is 1.37. The number of nitrogens with one attached hydrogen (secondary N) is 2. The molecule has 0 aliphatic heterocycles. The molecule has 0 aliphatic carbocycles. The van der Waals surface area contributed by atoms with E-state index in [-0.39, 0.29) is 17.4 Å². The van der Waals surface area contributed by atoms with Gasteiger partial charge in [-0.1, -0.05) is 42.5 Å². The van der Waals surface area contributed by atoms with Crippen LogP contribution in [0.4, 0.5) is 11.4 Å². The summed E-state index contributed by atoms with van der Waals surface area (Å²) < 4.78 is 33.5. The number of carbonyl (C=O) groups is 2. The maximum absolute atomic E-state index is 13.5. The summed E-state index contributed by atoms with van der Waals surface area (Å²) in [5, 5.41) is 6.72. The Morgan fingerprint density at radius 3 is 2.07 bits per heavy atom. The SMILES string of the molecule is Cc1cc(C)cc(N(CC(=O)N/N=C\c2ccc(OCC(=O)Nc3ccccc3)cc2)S(=O)(=O)c2ccccc2)c1. The van der Waals surface area contributed by atoms with Gasteiger partial charge in [0.05, 0.1) is 16.8 Å². The van der Waals surface area contributed by atoms with Gasteiger partial charge in [-0.3, -0.25) is 13.9 Å². The van der Waals surface area contributed by atoms with E-state index in [0.29, 0.717) is 22.7 Å². The van der Waals surface area contributed by atoms with Crippen LogP contribution >= 0.6 is 0 Å². The Morgan fingerprint density at radius 1 is 0.829 bits per heavy atom. The van der Waals surface area contributed by atoms with Crippen molar-refractivity contribution in [2.45, 2.75) is 18.7 Å². The molecule has 4 aromatic carbocycles. The molecular formula is C31H30N4O5S. The van der Waals surface area contributed by atoms with Crippen molar-refractivity contribution in [1.82, 2.24) is 5.43 Å². The Kier molecular flexibility index (Phi) is 9.49. The van der Waals surface area contributed by atoms with E-state index in [1.807, 2.05) is 38.1 Å². The first-order chi connectivity index (χ1) is 19.7. The van der Waals surface area contributed by atoms with E-state index in [2.05, 4.69) is 15.8 Å². The van der Waals surface area contributed by atoms with Gasteiger partial charge in [0.25, 0.3) is 21.8 Å². The number of amides is 2. The molecule has 2 amide bonds. The van der Waals surface area contributed by atoms with E-state index in [9.17, 15) is 18.0 Å². The van der Waals surface area contributed by atoms with E-state index >= 15 is 0 Å². The molecule has 9 nitrogen and oxygen atoms in total. The standard InChI is InChI=1S/C31H30N4O5S/c1-23-17-24(2)19-27(18-23)35(41(38,39)29-11-7-4-8-12-29)21-30(36)34-32-20-25-13-15-28(16-14-25)40-22-31(37)33-26-9-5-3-6-10-26/h3-20H,21-22H2,1-2H3,(H,33,37)(H,34,36)/b32-20-. The van der Waals surface area contributed by atoms with Crippen molar-refractivity contribution in [2.75, 3.05) is 22.8 Å². The minimum absolute atomic E-state index is 0.0790. The highest BCUT2D eigenvalue weighted by Crippen LogP contribution is 2.25. The second-order valence-electron chi connectivity index (χ2n) is 9.24. The lowest BCUT2D eigenvalue weighted by Gasteiger charge is -2.24. The molecule has 0 spiro atoms. The van der Waals surface area contributed by atoms with Crippen LogP contribution in [-0.2, 0) is 19.6 Å². The van der Waals surface area contributed by atoms with Crippen LogP contribution in [-0.4, -0.2) is 39.6 Å². The Hall–Kier alpha value is -4.96. The van der Waals surface area contributed by atoms with Crippen molar-refractivity contribution in [1.29, 1.82) is 0 Å². The molecule has 10 heteroatoms. The Morgan fingerprint density at radius 2 is 1.44 bits per heavy atom. The lowest BCUT2D eigenvalue weighted by Crippen LogP contribution is -2.39. The second-order valence-corrected chi connectivity index (χ2v) is 11.1. The van der Waals surface area contributed by atoms with Gasteiger partial charge in [0.15, 0.2) is 6.61 Å². The van der Waals surface area contributed by atoms with E-state index in [0.717, 1.165) is 15.4 Å². The van der Waals surface area contributed by atoms with Gasteiger partial charge in [0.2, 0.25) is 0 Å². The number of sulfonamides is 1. The molecule has 0 fully saturated rings. The predicted octanol–water partition coefficient (Wildman–Crippen LogP) is 4.67. The molecule has 0 radical (unpaired) electrons. The molecule has 0 aliphatic rings. The molecule has 0 atom stereocenters. The number of ether oxygens (including phenoxy) is 1. The van der Waals surface area contributed by atoms with Gasteiger partial charge in [-0.25, -0.2) is 13.8 Å². The lowest BCUT2D eigenvalue weighted by molar-refractivity contribution is -0.119. The van der Waals surface area contributed by atoms with Crippen molar-refractivity contribution in [3.63, 3.8) is 0 Å². The number of hydrogen-bond donors (Lipinski definition) is 2. The number of benzene rings is 4. The van der Waals surface area contributed by atoms with Crippen LogP contribution < -0.4 is 19.8 Å². The number of nitrogens with zero attached hydrogens (tertiary/aromatic N) is 2. The summed E-state index contributed by atoms with van der Waals surface area (Å²) in [5.41, 5.74) is 5.88. The zero-order valence-corrected chi connectivity index (χ0v) is 23.5. The molecule has 4 rings (SSSR count). The zero-order chi connectivity index (χ0) is 29.2. The normalized spacial score (nSPS) is 11.2. The van der Waals surface area contributed by atoms with Crippen LogP contribution in [0.15, 0.2) is 113 Å². The molecule has 0 saturated heterocycles. The van der Waals surface area contributed by atoms with Gasteiger partial charge in [-0.2, -0.15) is 5.10 Å². The van der Waals surface area contributed by atoms with Crippen molar-refractivity contribution < 1.29 is 22.7 Å². The van der Waals surface area contributed by atoms with Gasteiger partial charge in [-0.15, -0.1) is 0 Å². The number of hydrazone groups is 1. The number of anilines is 2. The molecule has 4 aromatic rings. The summed E-state index contributed by atoms with van der Waals surface area (Å²) in [6.07, 6.45) is 1.43. The van der Waals surface area contributed by atoms with E-state index in [1.165, 1.54) is 18.3 Å². The third-order valence-corrected chi connectivity index (χ3v) is 7.61. The molecule has 210 valence electrons. The molecule has 41 heavy (non-hydrogen) atoms. The molecule has 2 N–H and O–H groups in total. The topological polar surface area (TPSA) is 117 Å². The quantitative estimate of drug-likeness (QED) is 0.201. The fraction of sp³-hybridized carbons (Fsp3) is 0.129. The third kappa shape index (κ3) is 8.26. The highest BCUT2D eigenvalue weighted by molar-refractivity contribution is 7.92. The maximum atomic E-state index is 13.5. The summed E-state index contributed by atoms with van der Waals surface area (Å²) in [5.74, 6) is -0.400. The summed E-state index contributed by atoms with van der Waals surface area (Å²) in [6.45, 7) is 3.12. The summed E-state index contributed by atoms with van der Waals surface area (Å²) in [6, 6.07) is 29.2. The van der Waals surface area contributed by atoms with Crippen molar-refractivity contribution >= 4 is 39.4 Å². The molecule has 0 heterocycles. The van der Waals surface area contributed by atoms with E-state index in [4.69, 9.17) is 4.74 Å². The van der Waals surface area contributed by atoms with Gasteiger partial charge < -0.3 is 10.1 Å². The average molecular weight is 571 g/mol. The summed E-state index contributed by atoms with van der Waals surface area (Å²) in [7, 11) is -4.02. The van der Waals surface area contributed by atoms with Crippen LogP contribution in [0.3, 0.4) is 0 Å². The first-order valence-corrected chi connectivity index (χ1v) is 14.2. The number of hydrogen-bond acceptors (Lipinski definition) is 6. The van der Waals surface area contributed by atoms with Crippen LogP contribution in [0.2, 0.25) is 0 Å². The van der Waals surface area contributed by atoms with Crippen LogP contribution in [0.25, 0.3) is 0 Å². The van der Waals surface area contributed by atoms with Crippen LogP contribution in [0.1, 0.15) is 16.7 Å². The first-order valence-electron chi connectivity index (χ1n) is 12.8. The predicted molar refractivity (Wildman–Crippen MR) is 160 cm³/mol. The summed E-state index contributed by atoms with van der Waals surface area (Å²) >= 11 is 0. The maximum Gasteiger partial charge on any atom is 0.264 e. The van der Waals surface area contributed by atoms with Crippen molar-refractivity contribution in [3.05, 3.63) is 120 Å². The van der Waals surface area contributed by atoms with E-state index in [1.54, 1.807) is 66.7 Å². The van der Waals surface area contributed by atoms with E-state index < -0.39 is 22.5 Å². The minimum Gasteiger partial charge on any atom is -0.484 e. The highest BCUT2D eigenvalue weighted by atomic mass is 32.2. The highest BCUT2D eigenvalue weighted by Gasteiger charge is 2.27. The Bertz CT molecular complexity index is 1600. The first kappa shape index (κ1) is 29.0. The zero-order valence-electron chi connectivity index (χ0n) is 22.7. The largest absolute Gasteiger partial charge is 0.484 e. The van der Waals surface area contributed by atoms with Gasteiger partial charge >= 0.3 is 0 Å². The number of aryl methyl sites for hydroxylation is 2. The fourth-order valence-corrected chi connectivity index (χ4v) is 5.42. The number of rotatable bonds is 11. The minimum atomic E-state index is -4.02. The molecule has 0 unspecified atom stereocenters. The average Bonchev–Trinajstić information content (AvgIpc) is 2.96. The molecular weight excluding hydrogens is 540 g/mol. The number of para-hydroxylation sites is 1. The van der Waals surface area contributed by atoms with Crippen LogP contribution in [0, 0.1) is 13.8 Å². The second kappa shape index (κ2) is 13.4. The Labute approximate surface area is 239 Å². The monoisotopic (exact) mass is 570 g/mol. The van der Waals surface area contributed by atoms with Crippen molar-refractivity contribution in [3.8, 4) is 5.75 Å². The van der Waals surface area contributed by atoms with Crippen LogP contribution in [0.5, 0.6) is 5.75 Å².